The number of benzene rings is 2. The Hall–Kier alpha value is -2.66. The van der Waals surface area contributed by atoms with Crippen molar-refractivity contribution in [1.82, 2.24) is 15.0 Å². The average molecular weight is 313 g/mol. The molecular weight excluding hydrogens is 300 g/mol. The van der Waals surface area contributed by atoms with Gasteiger partial charge in [0, 0.05) is 16.3 Å². The zero-order valence-electron chi connectivity index (χ0n) is 11.6. The highest BCUT2D eigenvalue weighted by atomic mass is 35.5. The van der Waals surface area contributed by atoms with E-state index in [0.29, 0.717) is 10.7 Å². The number of amides is 1. The third kappa shape index (κ3) is 3.51. The fourth-order valence-electron chi connectivity index (χ4n) is 2.00. The van der Waals surface area contributed by atoms with Gasteiger partial charge in [-0.25, -0.2) is 4.68 Å². The maximum atomic E-state index is 12.0. The van der Waals surface area contributed by atoms with E-state index < -0.39 is 0 Å². The summed E-state index contributed by atoms with van der Waals surface area (Å²) in [5, 5.41) is 11.5. The third-order valence-corrected chi connectivity index (χ3v) is 3.29. The quantitative estimate of drug-likeness (QED) is 0.804. The number of rotatable bonds is 4. The van der Waals surface area contributed by atoms with Crippen molar-refractivity contribution < 1.29 is 4.79 Å². The Labute approximate surface area is 132 Å². The molecular formula is C16H13ClN4O. The number of hydrogen-bond donors (Lipinski definition) is 1. The van der Waals surface area contributed by atoms with Crippen LogP contribution in [0.2, 0.25) is 5.02 Å². The SMILES string of the molecule is O=C(Cn1cc(-c2ccccc2)nn1)Nc1ccc(Cl)cc1. The van der Waals surface area contributed by atoms with Crippen molar-refractivity contribution >= 4 is 23.2 Å². The molecule has 0 saturated heterocycles. The summed E-state index contributed by atoms with van der Waals surface area (Å²) in [6, 6.07) is 16.6. The molecule has 0 aliphatic rings. The summed E-state index contributed by atoms with van der Waals surface area (Å²) in [5.74, 6) is -0.174. The van der Waals surface area contributed by atoms with Crippen molar-refractivity contribution in [2.24, 2.45) is 0 Å². The predicted molar refractivity (Wildman–Crippen MR) is 85.5 cm³/mol. The fourth-order valence-corrected chi connectivity index (χ4v) is 2.12. The minimum Gasteiger partial charge on any atom is -0.324 e. The Kier molecular flexibility index (Phi) is 4.16. The van der Waals surface area contributed by atoms with Gasteiger partial charge in [0.2, 0.25) is 5.91 Å². The molecule has 0 spiro atoms. The van der Waals surface area contributed by atoms with E-state index in [9.17, 15) is 4.79 Å². The number of hydrogen-bond acceptors (Lipinski definition) is 3. The lowest BCUT2D eigenvalue weighted by Gasteiger charge is -2.04. The molecule has 6 heteroatoms. The number of nitrogens with zero attached hydrogens (tertiary/aromatic N) is 3. The van der Waals surface area contributed by atoms with Gasteiger partial charge in [-0.15, -0.1) is 5.10 Å². The first-order valence-corrected chi connectivity index (χ1v) is 7.09. The lowest BCUT2D eigenvalue weighted by molar-refractivity contribution is -0.116. The van der Waals surface area contributed by atoms with Gasteiger partial charge in [-0.1, -0.05) is 47.1 Å². The second-order valence-corrected chi connectivity index (χ2v) is 5.16. The van der Waals surface area contributed by atoms with Gasteiger partial charge in [0.05, 0.1) is 6.20 Å². The van der Waals surface area contributed by atoms with E-state index in [2.05, 4.69) is 15.6 Å². The normalized spacial score (nSPS) is 10.4. The van der Waals surface area contributed by atoms with Crippen LogP contribution in [0.5, 0.6) is 0 Å². The van der Waals surface area contributed by atoms with Crippen LogP contribution < -0.4 is 5.32 Å². The highest BCUT2D eigenvalue weighted by Gasteiger charge is 2.07. The smallest absolute Gasteiger partial charge is 0.246 e. The maximum absolute atomic E-state index is 12.0. The molecule has 0 radical (unpaired) electrons. The van der Waals surface area contributed by atoms with E-state index in [1.165, 1.54) is 4.68 Å². The van der Waals surface area contributed by atoms with Gasteiger partial charge in [0.1, 0.15) is 12.2 Å². The van der Waals surface area contributed by atoms with Crippen LogP contribution in [0.4, 0.5) is 5.69 Å². The fraction of sp³-hybridized carbons (Fsp3) is 0.0625. The van der Waals surface area contributed by atoms with Gasteiger partial charge in [0.15, 0.2) is 0 Å². The summed E-state index contributed by atoms with van der Waals surface area (Å²) in [5.41, 5.74) is 2.39. The van der Waals surface area contributed by atoms with Crippen molar-refractivity contribution in [2.45, 2.75) is 6.54 Å². The van der Waals surface area contributed by atoms with Gasteiger partial charge in [-0.2, -0.15) is 0 Å². The molecule has 2 aromatic carbocycles. The topological polar surface area (TPSA) is 59.8 Å². The van der Waals surface area contributed by atoms with Gasteiger partial charge < -0.3 is 5.32 Å². The van der Waals surface area contributed by atoms with Gasteiger partial charge in [-0.05, 0) is 24.3 Å². The summed E-state index contributed by atoms with van der Waals surface area (Å²) in [7, 11) is 0. The van der Waals surface area contributed by atoms with Crippen LogP contribution in [0.1, 0.15) is 0 Å². The van der Waals surface area contributed by atoms with Crippen molar-refractivity contribution in [2.75, 3.05) is 5.32 Å². The zero-order chi connectivity index (χ0) is 15.4. The number of carbonyl (C=O) groups is 1. The number of nitrogens with one attached hydrogen (secondary N) is 1. The highest BCUT2D eigenvalue weighted by molar-refractivity contribution is 6.30. The number of halogens is 1. The maximum Gasteiger partial charge on any atom is 0.246 e. The second-order valence-electron chi connectivity index (χ2n) is 4.72. The van der Waals surface area contributed by atoms with Gasteiger partial charge in [-0.3, -0.25) is 4.79 Å². The molecule has 0 aliphatic carbocycles. The monoisotopic (exact) mass is 312 g/mol. The lowest BCUT2D eigenvalue weighted by Crippen LogP contribution is -2.19. The Morgan fingerprint density at radius 2 is 1.82 bits per heavy atom. The van der Waals surface area contributed by atoms with Crippen LogP contribution in [0.15, 0.2) is 60.8 Å². The Bertz CT molecular complexity index is 768. The molecule has 1 aromatic heterocycles. The number of carbonyl (C=O) groups excluding carboxylic acids is 1. The molecule has 22 heavy (non-hydrogen) atoms. The van der Waals surface area contributed by atoms with Crippen molar-refractivity contribution in [3.63, 3.8) is 0 Å². The zero-order valence-corrected chi connectivity index (χ0v) is 12.4. The number of anilines is 1. The van der Waals surface area contributed by atoms with Crippen LogP contribution in [-0.2, 0) is 11.3 Å². The first-order chi connectivity index (χ1) is 10.7. The standard InChI is InChI=1S/C16H13ClN4O/c17-13-6-8-14(9-7-13)18-16(22)11-21-10-15(19-20-21)12-4-2-1-3-5-12/h1-10H,11H2,(H,18,22). The summed E-state index contributed by atoms with van der Waals surface area (Å²) < 4.78 is 1.51. The second kappa shape index (κ2) is 6.41. The first kappa shape index (κ1) is 14.3. The molecule has 3 rings (SSSR count). The minimum absolute atomic E-state index is 0.0997. The molecule has 5 nitrogen and oxygen atoms in total. The molecule has 0 fully saturated rings. The highest BCUT2D eigenvalue weighted by Crippen LogP contribution is 2.15. The Balaban J connectivity index is 1.65. The molecule has 0 bridgehead atoms. The van der Waals surface area contributed by atoms with E-state index in [0.717, 1.165) is 11.3 Å². The van der Waals surface area contributed by atoms with E-state index in [4.69, 9.17) is 11.6 Å². The predicted octanol–water partition coefficient (Wildman–Crippen LogP) is 3.24. The molecule has 1 amide bonds. The molecule has 0 saturated carbocycles. The van der Waals surface area contributed by atoms with Crippen LogP contribution in [0.25, 0.3) is 11.3 Å². The summed E-state index contributed by atoms with van der Waals surface area (Å²) in [6.45, 7) is 0.0997. The molecule has 1 heterocycles. The molecule has 0 unspecified atom stereocenters. The largest absolute Gasteiger partial charge is 0.324 e. The van der Waals surface area contributed by atoms with Crippen LogP contribution in [0, 0.1) is 0 Å². The van der Waals surface area contributed by atoms with E-state index in [1.54, 1.807) is 30.5 Å². The van der Waals surface area contributed by atoms with E-state index in [-0.39, 0.29) is 12.5 Å². The van der Waals surface area contributed by atoms with Crippen molar-refractivity contribution in [3.8, 4) is 11.3 Å². The first-order valence-electron chi connectivity index (χ1n) is 6.72. The van der Waals surface area contributed by atoms with Gasteiger partial charge >= 0.3 is 0 Å². The summed E-state index contributed by atoms with van der Waals surface area (Å²) in [6.07, 6.45) is 1.75. The van der Waals surface area contributed by atoms with E-state index >= 15 is 0 Å². The van der Waals surface area contributed by atoms with Crippen LogP contribution in [-0.4, -0.2) is 20.9 Å². The minimum atomic E-state index is -0.174. The van der Waals surface area contributed by atoms with Gasteiger partial charge in [0.25, 0.3) is 0 Å². The van der Waals surface area contributed by atoms with E-state index in [1.807, 2.05) is 30.3 Å². The van der Waals surface area contributed by atoms with Crippen LogP contribution >= 0.6 is 11.6 Å². The van der Waals surface area contributed by atoms with Crippen molar-refractivity contribution in [1.29, 1.82) is 0 Å². The third-order valence-electron chi connectivity index (χ3n) is 3.04. The molecule has 3 aromatic rings. The van der Waals surface area contributed by atoms with Crippen LogP contribution in [0.3, 0.4) is 0 Å². The number of aromatic nitrogens is 3. The lowest BCUT2D eigenvalue weighted by atomic mass is 10.2. The Morgan fingerprint density at radius 1 is 1.09 bits per heavy atom. The molecule has 0 aliphatic heterocycles. The van der Waals surface area contributed by atoms with Crippen molar-refractivity contribution in [3.05, 3.63) is 65.8 Å². The average Bonchev–Trinajstić information content (AvgIpc) is 2.99. The molecule has 1 N–H and O–H groups in total. The molecule has 110 valence electrons. The summed E-state index contributed by atoms with van der Waals surface area (Å²) >= 11 is 5.80. The Morgan fingerprint density at radius 3 is 2.55 bits per heavy atom. The molecule has 0 atom stereocenters. The summed E-state index contributed by atoms with van der Waals surface area (Å²) in [4.78, 5) is 12.0.